The fourth-order valence-corrected chi connectivity index (χ4v) is 4.33. The highest BCUT2D eigenvalue weighted by atomic mass is 35.5. The molecule has 1 aromatic carbocycles. The van der Waals surface area contributed by atoms with Crippen LogP contribution in [-0.4, -0.2) is 64.6 Å². The number of nitrogens with one attached hydrogen (secondary N) is 1. The zero-order valence-electron chi connectivity index (χ0n) is 15.7. The molecule has 1 unspecified atom stereocenters. The molecule has 9 heteroatoms. The Morgan fingerprint density at radius 2 is 2.14 bits per heavy atom. The smallest absolute Gasteiger partial charge is 0.231 e. The number of nitrogens with two attached hydrogens (primary N) is 1. The summed E-state index contributed by atoms with van der Waals surface area (Å²) in [4.78, 5) is 29.3. The van der Waals surface area contributed by atoms with Gasteiger partial charge in [-0.3, -0.25) is 4.79 Å². The van der Waals surface area contributed by atoms with Crippen molar-refractivity contribution in [2.24, 2.45) is 5.73 Å². The van der Waals surface area contributed by atoms with Crippen molar-refractivity contribution < 1.29 is 9.53 Å². The molecule has 4 heterocycles. The second kappa shape index (κ2) is 7.20. The molecule has 8 nitrogen and oxygen atoms in total. The number of rotatable bonds is 3. The third kappa shape index (κ3) is 3.08. The maximum absolute atomic E-state index is 13.3. The number of hydrogen-bond donors (Lipinski definition) is 2. The number of benzene rings is 1. The van der Waals surface area contributed by atoms with Gasteiger partial charge in [0.1, 0.15) is 35.5 Å². The van der Waals surface area contributed by atoms with Crippen LogP contribution in [0.5, 0.6) is 5.75 Å². The van der Waals surface area contributed by atoms with E-state index in [4.69, 9.17) is 22.1 Å². The number of hydrogen-bond acceptors (Lipinski definition) is 6. The van der Waals surface area contributed by atoms with Crippen LogP contribution in [-0.2, 0) is 4.79 Å². The van der Waals surface area contributed by atoms with Gasteiger partial charge in [-0.25, -0.2) is 9.97 Å². The van der Waals surface area contributed by atoms with E-state index in [1.54, 1.807) is 18.5 Å². The van der Waals surface area contributed by atoms with E-state index in [0.717, 1.165) is 28.2 Å². The van der Waals surface area contributed by atoms with Crippen LogP contribution in [0.25, 0.3) is 11.0 Å². The molecular weight excluding hydrogens is 392 g/mol. The number of amides is 1. The number of anilines is 1. The van der Waals surface area contributed by atoms with Gasteiger partial charge in [0, 0.05) is 37.4 Å². The Balaban J connectivity index is 1.39. The van der Waals surface area contributed by atoms with Crippen LogP contribution in [0.2, 0.25) is 5.02 Å². The lowest BCUT2D eigenvalue weighted by atomic mass is 9.97. The first-order valence-electron chi connectivity index (χ1n) is 9.61. The van der Waals surface area contributed by atoms with Crippen LogP contribution >= 0.6 is 11.6 Å². The SMILES string of the molecule is NCC(C(=O)N1CCN2c3ncnc4[nH]cc(c34)OC[C@@H]2C1)c1ccc(Cl)cc1. The zero-order chi connectivity index (χ0) is 20.0. The molecule has 0 spiro atoms. The molecule has 1 fully saturated rings. The molecule has 0 radical (unpaired) electrons. The number of aromatic nitrogens is 3. The Labute approximate surface area is 172 Å². The number of carbonyl (C=O) groups excluding carboxylic acids is 1. The predicted octanol–water partition coefficient (Wildman–Crippen LogP) is 1.76. The number of aromatic amines is 1. The maximum atomic E-state index is 13.3. The molecule has 2 aliphatic heterocycles. The minimum Gasteiger partial charge on any atom is -0.489 e. The Morgan fingerprint density at radius 1 is 1.31 bits per heavy atom. The average Bonchev–Trinajstić information content (AvgIpc) is 3.09. The van der Waals surface area contributed by atoms with Gasteiger partial charge in [-0.05, 0) is 17.7 Å². The van der Waals surface area contributed by atoms with Crippen molar-refractivity contribution >= 4 is 34.4 Å². The number of halogens is 1. The van der Waals surface area contributed by atoms with Gasteiger partial charge in [0.15, 0.2) is 0 Å². The van der Waals surface area contributed by atoms with Crippen LogP contribution in [0.1, 0.15) is 11.5 Å². The molecule has 29 heavy (non-hydrogen) atoms. The molecule has 1 amide bonds. The van der Waals surface area contributed by atoms with E-state index in [0.29, 0.717) is 31.3 Å². The normalized spacial score (nSPS) is 19.4. The third-order valence-corrected chi connectivity index (χ3v) is 5.97. The van der Waals surface area contributed by atoms with Gasteiger partial charge < -0.3 is 25.3 Å². The van der Waals surface area contributed by atoms with Crippen molar-refractivity contribution in [1.82, 2.24) is 19.9 Å². The van der Waals surface area contributed by atoms with Crippen LogP contribution in [0.3, 0.4) is 0 Å². The minimum atomic E-state index is -0.384. The summed E-state index contributed by atoms with van der Waals surface area (Å²) < 4.78 is 6.01. The highest BCUT2D eigenvalue weighted by molar-refractivity contribution is 6.30. The molecule has 3 N–H and O–H groups in total. The lowest BCUT2D eigenvalue weighted by Crippen LogP contribution is -2.58. The Hall–Kier alpha value is -2.84. The average molecular weight is 413 g/mol. The summed E-state index contributed by atoms with van der Waals surface area (Å²) in [5.41, 5.74) is 7.61. The highest BCUT2D eigenvalue weighted by Crippen LogP contribution is 2.36. The van der Waals surface area contributed by atoms with E-state index in [1.165, 1.54) is 0 Å². The second-order valence-corrected chi connectivity index (χ2v) is 7.79. The fourth-order valence-electron chi connectivity index (χ4n) is 4.21. The number of fused-ring (bicyclic) bond motifs is 2. The number of nitrogens with zero attached hydrogens (tertiary/aromatic N) is 4. The molecular formula is C20H21ClN6O2. The first-order valence-corrected chi connectivity index (χ1v) is 9.99. The van der Waals surface area contributed by atoms with Gasteiger partial charge >= 0.3 is 0 Å². The zero-order valence-corrected chi connectivity index (χ0v) is 16.5. The summed E-state index contributed by atoms with van der Waals surface area (Å²) in [6, 6.07) is 7.33. The van der Waals surface area contributed by atoms with Crippen molar-refractivity contribution in [3.8, 4) is 5.75 Å². The molecule has 2 aliphatic rings. The minimum absolute atomic E-state index is 0.0156. The summed E-state index contributed by atoms with van der Waals surface area (Å²) >= 11 is 5.98. The van der Waals surface area contributed by atoms with Crippen LogP contribution in [0.15, 0.2) is 36.8 Å². The van der Waals surface area contributed by atoms with Gasteiger partial charge in [-0.1, -0.05) is 23.7 Å². The standard InChI is InChI=1S/C20H21ClN6O2/c21-13-3-1-12(2-4-13)15(7-22)20(28)26-5-6-27-14(9-26)10-29-16-8-23-18-17(16)19(27)25-11-24-18/h1-4,8,11,14-15H,5-7,9-10,22H2,(H,23,24,25)/t14-,15?/m0/s1. The van der Waals surface area contributed by atoms with Gasteiger partial charge in [0.25, 0.3) is 0 Å². The Kier molecular flexibility index (Phi) is 4.52. The van der Waals surface area contributed by atoms with Crippen LogP contribution in [0.4, 0.5) is 5.82 Å². The molecule has 0 bridgehead atoms. The highest BCUT2D eigenvalue weighted by Gasteiger charge is 2.36. The van der Waals surface area contributed by atoms with E-state index in [9.17, 15) is 4.79 Å². The van der Waals surface area contributed by atoms with Crippen molar-refractivity contribution in [3.63, 3.8) is 0 Å². The number of H-pyrrole nitrogens is 1. The third-order valence-electron chi connectivity index (χ3n) is 5.72. The molecule has 5 rings (SSSR count). The summed E-state index contributed by atoms with van der Waals surface area (Å²) in [5.74, 6) is 1.26. The summed E-state index contributed by atoms with van der Waals surface area (Å²) in [7, 11) is 0. The molecule has 2 aromatic heterocycles. The van der Waals surface area contributed by atoms with E-state index in [2.05, 4.69) is 19.9 Å². The van der Waals surface area contributed by atoms with Crippen molar-refractivity contribution in [3.05, 3.63) is 47.4 Å². The van der Waals surface area contributed by atoms with Gasteiger partial charge in [0.2, 0.25) is 5.91 Å². The topological polar surface area (TPSA) is 100 Å². The van der Waals surface area contributed by atoms with Crippen LogP contribution < -0.4 is 15.4 Å². The van der Waals surface area contributed by atoms with Crippen LogP contribution in [0, 0.1) is 0 Å². The summed E-state index contributed by atoms with van der Waals surface area (Å²) in [6.45, 7) is 2.56. The number of piperazine rings is 1. The van der Waals surface area contributed by atoms with E-state index < -0.39 is 0 Å². The summed E-state index contributed by atoms with van der Waals surface area (Å²) in [5, 5.41) is 1.54. The predicted molar refractivity (Wildman–Crippen MR) is 110 cm³/mol. The van der Waals surface area contributed by atoms with Crippen molar-refractivity contribution in [2.45, 2.75) is 12.0 Å². The lowest BCUT2D eigenvalue weighted by Gasteiger charge is -2.42. The number of ether oxygens (including phenoxy) is 1. The lowest BCUT2D eigenvalue weighted by molar-refractivity contribution is -0.133. The molecule has 0 aliphatic carbocycles. The van der Waals surface area contributed by atoms with E-state index in [1.807, 2.05) is 23.2 Å². The Bertz CT molecular complexity index is 1050. The maximum Gasteiger partial charge on any atom is 0.231 e. The van der Waals surface area contributed by atoms with Gasteiger partial charge in [0.05, 0.1) is 12.0 Å². The first kappa shape index (κ1) is 18.2. The first-order chi connectivity index (χ1) is 14.2. The Morgan fingerprint density at radius 3 is 2.93 bits per heavy atom. The molecule has 0 saturated carbocycles. The number of carbonyl (C=O) groups is 1. The monoisotopic (exact) mass is 412 g/mol. The molecule has 2 atom stereocenters. The quantitative estimate of drug-likeness (QED) is 0.680. The molecule has 3 aromatic rings. The van der Waals surface area contributed by atoms with Gasteiger partial charge in [-0.2, -0.15) is 0 Å². The fraction of sp³-hybridized carbons (Fsp3) is 0.350. The van der Waals surface area contributed by atoms with E-state index in [-0.39, 0.29) is 24.4 Å². The second-order valence-electron chi connectivity index (χ2n) is 7.36. The molecule has 150 valence electrons. The van der Waals surface area contributed by atoms with Crippen molar-refractivity contribution in [1.29, 1.82) is 0 Å². The van der Waals surface area contributed by atoms with E-state index >= 15 is 0 Å². The molecule has 1 saturated heterocycles. The van der Waals surface area contributed by atoms with Gasteiger partial charge in [-0.15, -0.1) is 0 Å². The largest absolute Gasteiger partial charge is 0.489 e. The summed E-state index contributed by atoms with van der Waals surface area (Å²) in [6.07, 6.45) is 3.37. The van der Waals surface area contributed by atoms with Crippen molar-refractivity contribution in [2.75, 3.05) is 37.7 Å².